The Morgan fingerprint density at radius 3 is 2.50 bits per heavy atom. The van der Waals surface area contributed by atoms with Gasteiger partial charge in [-0.1, -0.05) is 0 Å². The third-order valence-electron chi connectivity index (χ3n) is 1.56. The van der Waals surface area contributed by atoms with Gasteiger partial charge in [-0.25, -0.2) is 4.39 Å². The summed E-state index contributed by atoms with van der Waals surface area (Å²) in [5.41, 5.74) is -2.27. The van der Waals surface area contributed by atoms with Crippen LogP contribution in [0, 0.1) is 0 Å². The second kappa shape index (κ2) is 4.33. The first-order chi connectivity index (χ1) is 7.37. The first-order valence-electron chi connectivity index (χ1n) is 3.90. The van der Waals surface area contributed by atoms with E-state index >= 15 is 0 Å². The number of pyridine rings is 1. The third-order valence-corrected chi connectivity index (χ3v) is 1.56. The number of nitrogens with one attached hydrogen (secondary N) is 1. The topological polar surface area (TPSA) is 59.2 Å². The summed E-state index contributed by atoms with van der Waals surface area (Å²) < 4.78 is 51.1. The molecule has 0 aliphatic heterocycles. The van der Waals surface area contributed by atoms with Gasteiger partial charge in [-0.05, 0) is 6.07 Å². The van der Waals surface area contributed by atoms with Crippen LogP contribution in [-0.4, -0.2) is 17.6 Å². The average Bonchev–Trinajstić information content (AvgIpc) is 2.19. The van der Waals surface area contributed by atoms with Gasteiger partial charge in [0.25, 0.3) is 5.56 Å². The van der Waals surface area contributed by atoms with Crippen molar-refractivity contribution in [3.63, 3.8) is 0 Å². The second-order valence-electron chi connectivity index (χ2n) is 2.71. The molecule has 0 unspecified atom stereocenters. The molecule has 88 valence electrons. The fourth-order valence-corrected chi connectivity index (χ4v) is 1.00. The quantitative estimate of drug-likeness (QED) is 0.643. The fraction of sp³-hybridized carbons (Fsp3) is 0.250. The molecule has 1 rings (SSSR count). The summed E-state index contributed by atoms with van der Waals surface area (Å²) in [6.07, 6.45) is -5.11. The number of rotatable bonds is 3. The van der Waals surface area contributed by atoms with E-state index in [2.05, 4.69) is 4.74 Å². The van der Waals surface area contributed by atoms with Crippen LogP contribution in [0.5, 0.6) is 5.75 Å². The summed E-state index contributed by atoms with van der Waals surface area (Å²) >= 11 is 0. The predicted molar refractivity (Wildman–Crippen MR) is 43.9 cm³/mol. The molecule has 1 N–H and O–H groups in total. The van der Waals surface area contributed by atoms with E-state index in [1.165, 1.54) is 0 Å². The minimum absolute atomic E-state index is 0.0184. The minimum atomic E-state index is -5.10. The van der Waals surface area contributed by atoms with E-state index in [0.717, 1.165) is 6.07 Å². The number of carbonyl (C=O) groups is 1. The zero-order chi connectivity index (χ0) is 12.3. The highest BCUT2D eigenvalue weighted by atomic mass is 19.4. The van der Waals surface area contributed by atoms with E-state index in [4.69, 9.17) is 0 Å². The van der Waals surface area contributed by atoms with Crippen LogP contribution in [0.1, 0.15) is 16.1 Å². The number of H-pyrrole nitrogens is 1. The molecule has 0 aliphatic rings. The molecule has 1 aromatic heterocycles. The van der Waals surface area contributed by atoms with Crippen molar-refractivity contribution < 1.29 is 27.1 Å². The Labute approximate surface area is 85.8 Å². The van der Waals surface area contributed by atoms with Crippen LogP contribution in [0.4, 0.5) is 17.6 Å². The van der Waals surface area contributed by atoms with Crippen LogP contribution < -0.4 is 10.3 Å². The molecule has 0 amide bonds. The molecular formula is C8H5F4NO3. The number of aromatic nitrogens is 1. The smallest absolute Gasteiger partial charge is 0.399 e. The maximum atomic E-state index is 12.1. The van der Waals surface area contributed by atoms with E-state index in [-0.39, 0.29) is 12.0 Å². The molecule has 0 bridgehead atoms. The zero-order valence-corrected chi connectivity index (χ0v) is 7.60. The molecule has 1 heterocycles. The summed E-state index contributed by atoms with van der Waals surface area (Å²) in [6.45, 7) is -1.11. The Kier molecular flexibility index (Phi) is 3.31. The number of alkyl halides is 4. The van der Waals surface area contributed by atoms with E-state index < -0.39 is 29.9 Å². The number of aldehydes is 1. The van der Waals surface area contributed by atoms with E-state index in [0.29, 0.717) is 0 Å². The molecule has 0 radical (unpaired) electrons. The van der Waals surface area contributed by atoms with Crippen LogP contribution >= 0.6 is 0 Å². The van der Waals surface area contributed by atoms with Gasteiger partial charge in [0.05, 0.1) is 11.3 Å². The molecule has 0 aliphatic carbocycles. The van der Waals surface area contributed by atoms with Crippen molar-refractivity contribution in [1.29, 1.82) is 0 Å². The summed E-state index contributed by atoms with van der Waals surface area (Å²) in [5, 5.41) is 0. The molecule has 0 atom stereocenters. The molecule has 0 aromatic carbocycles. The van der Waals surface area contributed by atoms with Crippen LogP contribution in [0.15, 0.2) is 10.9 Å². The third kappa shape index (κ3) is 2.81. The maximum absolute atomic E-state index is 12.1. The summed E-state index contributed by atoms with van der Waals surface area (Å²) in [6, 6.07) is 0.773. The molecule has 1 aromatic rings. The van der Waals surface area contributed by atoms with Crippen molar-refractivity contribution in [3.05, 3.63) is 27.7 Å². The molecule has 8 heteroatoms. The van der Waals surface area contributed by atoms with Crippen molar-refractivity contribution in [3.8, 4) is 5.75 Å². The van der Waals surface area contributed by atoms with Gasteiger partial charge in [-0.3, -0.25) is 9.59 Å². The average molecular weight is 239 g/mol. The van der Waals surface area contributed by atoms with Gasteiger partial charge >= 0.3 is 6.36 Å². The largest absolute Gasteiger partial charge is 0.573 e. The number of halogens is 4. The maximum Gasteiger partial charge on any atom is 0.573 e. The molecule has 4 nitrogen and oxygen atoms in total. The van der Waals surface area contributed by atoms with Gasteiger partial charge in [0.1, 0.15) is 6.67 Å². The van der Waals surface area contributed by atoms with Gasteiger partial charge in [-0.15, -0.1) is 13.2 Å². The van der Waals surface area contributed by atoms with E-state index in [1.54, 1.807) is 0 Å². The summed E-state index contributed by atoms with van der Waals surface area (Å²) in [7, 11) is 0. The lowest BCUT2D eigenvalue weighted by Gasteiger charge is -2.10. The second-order valence-corrected chi connectivity index (χ2v) is 2.71. The van der Waals surface area contributed by atoms with Crippen molar-refractivity contribution in [2.75, 3.05) is 0 Å². The number of ether oxygens (including phenoxy) is 1. The highest BCUT2D eigenvalue weighted by Gasteiger charge is 2.33. The molecule has 16 heavy (non-hydrogen) atoms. The molecule has 0 saturated heterocycles. The highest BCUT2D eigenvalue weighted by molar-refractivity contribution is 5.79. The first kappa shape index (κ1) is 12.2. The molecular weight excluding hydrogens is 234 g/mol. The first-order valence-corrected chi connectivity index (χ1v) is 3.90. The summed E-state index contributed by atoms with van der Waals surface area (Å²) in [4.78, 5) is 23.3. The molecule has 0 fully saturated rings. The van der Waals surface area contributed by atoms with Crippen molar-refractivity contribution in [2.24, 2.45) is 0 Å². The zero-order valence-electron chi connectivity index (χ0n) is 7.60. The Hall–Kier alpha value is -1.86. The van der Waals surface area contributed by atoms with E-state index in [9.17, 15) is 27.2 Å². The summed E-state index contributed by atoms with van der Waals surface area (Å²) in [5.74, 6) is -1.19. The Bertz CT molecular complexity index is 452. The number of hydrogen-bond acceptors (Lipinski definition) is 3. The standard InChI is InChI=1S/C8H5F4NO3/c9-2-5-1-4(3-14)6(7(15)13-5)16-8(10,11)12/h1,3H,2H2,(H,13,15). The Morgan fingerprint density at radius 2 is 2.06 bits per heavy atom. The molecule has 0 saturated carbocycles. The number of aromatic amines is 1. The predicted octanol–water partition coefficient (Wildman–Crippen LogP) is 1.56. The van der Waals surface area contributed by atoms with Crippen LogP contribution in [-0.2, 0) is 6.67 Å². The Balaban J connectivity index is 3.28. The van der Waals surface area contributed by atoms with Crippen molar-refractivity contribution in [2.45, 2.75) is 13.0 Å². The lowest BCUT2D eigenvalue weighted by Crippen LogP contribution is -2.24. The lowest BCUT2D eigenvalue weighted by molar-refractivity contribution is -0.275. The normalized spacial score (nSPS) is 11.2. The van der Waals surface area contributed by atoms with Crippen molar-refractivity contribution in [1.82, 2.24) is 4.98 Å². The minimum Gasteiger partial charge on any atom is -0.399 e. The van der Waals surface area contributed by atoms with Gasteiger partial charge in [0, 0.05) is 0 Å². The fourth-order valence-electron chi connectivity index (χ4n) is 1.00. The number of hydrogen-bond donors (Lipinski definition) is 1. The van der Waals surface area contributed by atoms with Gasteiger partial charge < -0.3 is 9.72 Å². The van der Waals surface area contributed by atoms with Gasteiger partial charge in [0.15, 0.2) is 6.29 Å². The van der Waals surface area contributed by atoms with Crippen LogP contribution in [0.3, 0.4) is 0 Å². The van der Waals surface area contributed by atoms with Crippen molar-refractivity contribution >= 4 is 6.29 Å². The van der Waals surface area contributed by atoms with Crippen LogP contribution in [0.2, 0.25) is 0 Å². The van der Waals surface area contributed by atoms with Gasteiger partial charge in [-0.2, -0.15) is 0 Å². The lowest BCUT2D eigenvalue weighted by atomic mass is 10.2. The van der Waals surface area contributed by atoms with Gasteiger partial charge in [0.2, 0.25) is 5.75 Å². The Morgan fingerprint density at radius 1 is 1.44 bits per heavy atom. The SMILES string of the molecule is O=Cc1cc(CF)[nH]c(=O)c1OC(F)(F)F. The highest BCUT2D eigenvalue weighted by Crippen LogP contribution is 2.22. The molecule has 0 spiro atoms. The van der Waals surface area contributed by atoms with E-state index in [1.807, 2.05) is 4.98 Å². The number of carbonyl (C=O) groups excluding carboxylic acids is 1. The monoisotopic (exact) mass is 239 g/mol. The van der Waals surface area contributed by atoms with Crippen LogP contribution in [0.25, 0.3) is 0 Å².